The van der Waals surface area contributed by atoms with Gasteiger partial charge in [0, 0.05) is 38.3 Å². The molecule has 2 aliphatic rings. The van der Waals surface area contributed by atoms with E-state index < -0.39 is 0 Å². The first-order valence-electron chi connectivity index (χ1n) is 7.75. The van der Waals surface area contributed by atoms with Crippen LogP contribution in [0.5, 0.6) is 5.75 Å². The molecule has 0 bridgehead atoms. The predicted molar refractivity (Wildman–Crippen MR) is 97.0 cm³/mol. The lowest BCUT2D eigenvalue weighted by Gasteiger charge is -2.36. The minimum Gasteiger partial charge on any atom is -0.508 e. The van der Waals surface area contributed by atoms with E-state index in [9.17, 15) is 9.90 Å². The molecule has 2 N–H and O–H groups in total. The van der Waals surface area contributed by atoms with Gasteiger partial charge in [0.1, 0.15) is 5.75 Å². The van der Waals surface area contributed by atoms with Gasteiger partial charge in [-0.2, -0.15) is 0 Å². The summed E-state index contributed by atoms with van der Waals surface area (Å²) in [7, 11) is 0. The molecule has 2 aliphatic heterocycles. The van der Waals surface area contributed by atoms with E-state index in [0.717, 1.165) is 51.4 Å². The lowest BCUT2D eigenvalue weighted by molar-refractivity contribution is -0.132. The van der Waals surface area contributed by atoms with E-state index in [0.29, 0.717) is 18.2 Å². The van der Waals surface area contributed by atoms with Crippen molar-refractivity contribution < 1.29 is 9.90 Å². The monoisotopic (exact) mass is 361 g/mol. The fourth-order valence-electron chi connectivity index (χ4n) is 3.14. The summed E-state index contributed by atoms with van der Waals surface area (Å²) in [6.45, 7) is 5.34. The molecule has 0 aliphatic carbocycles. The minimum absolute atomic E-state index is 0. The van der Waals surface area contributed by atoms with Crippen LogP contribution in [0.1, 0.15) is 12.8 Å². The Morgan fingerprint density at radius 1 is 1.13 bits per heavy atom. The van der Waals surface area contributed by atoms with Crippen molar-refractivity contribution in [2.24, 2.45) is 5.92 Å². The number of nitrogens with zero attached hydrogens (tertiary/aromatic N) is 2. The van der Waals surface area contributed by atoms with Crippen LogP contribution in [0.4, 0.5) is 5.69 Å². The molecule has 1 amide bonds. The standard InChI is InChI=1S/C16H23N3O2.2ClH/c20-15-3-1-14(2-4-15)18-7-9-19(10-8-18)16(21)11-13-5-6-17-12-13;;/h1-4,13,17,20H,5-12H2;2*1H. The molecule has 2 saturated heterocycles. The normalized spacial score (nSPS) is 20.6. The van der Waals surface area contributed by atoms with Crippen molar-refractivity contribution in [2.45, 2.75) is 12.8 Å². The highest BCUT2D eigenvalue weighted by Gasteiger charge is 2.25. The number of aromatic hydroxyl groups is 1. The zero-order chi connectivity index (χ0) is 14.7. The van der Waals surface area contributed by atoms with Crippen LogP contribution >= 0.6 is 24.8 Å². The fourth-order valence-corrected chi connectivity index (χ4v) is 3.14. The van der Waals surface area contributed by atoms with E-state index in [1.165, 1.54) is 0 Å². The number of anilines is 1. The Labute approximate surface area is 149 Å². The predicted octanol–water partition coefficient (Wildman–Crippen LogP) is 1.88. The van der Waals surface area contributed by atoms with Crippen LogP contribution in [0.25, 0.3) is 0 Å². The number of rotatable bonds is 3. The molecular formula is C16H25Cl2N3O2. The van der Waals surface area contributed by atoms with Crippen LogP contribution < -0.4 is 10.2 Å². The topological polar surface area (TPSA) is 55.8 Å². The molecule has 7 heteroatoms. The summed E-state index contributed by atoms with van der Waals surface area (Å²) in [5.41, 5.74) is 1.11. The highest BCUT2D eigenvalue weighted by Crippen LogP contribution is 2.21. The molecule has 1 aromatic rings. The maximum Gasteiger partial charge on any atom is 0.223 e. The summed E-state index contributed by atoms with van der Waals surface area (Å²) in [6, 6.07) is 7.27. The third-order valence-corrected chi connectivity index (χ3v) is 4.47. The summed E-state index contributed by atoms with van der Waals surface area (Å²) in [5.74, 6) is 1.11. The zero-order valence-electron chi connectivity index (χ0n) is 13.1. The van der Waals surface area contributed by atoms with E-state index in [1.54, 1.807) is 12.1 Å². The van der Waals surface area contributed by atoms with Crippen LogP contribution in [0, 0.1) is 5.92 Å². The van der Waals surface area contributed by atoms with Gasteiger partial charge in [-0.05, 0) is 49.7 Å². The molecule has 1 unspecified atom stereocenters. The summed E-state index contributed by atoms with van der Waals surface area (Å²) < 4.78 is 0. The number of benzene rings is 1. The van der Waals surface area contributed by atoms with Crippen molar-refractivity contribution in [2.75, 3.05) is 44.2 Å². The molecule has 2 heterocycles. The number of amides is 1. The van der Waals surface area contributed by atoms with Gasteiger partial charge in [0.25, 0.3) is 0 Å². The van der Waals surface area contributed by atoms with Crippen LogP contribution in [0.15, 0.2) is 24.3 Å². The second kappa shape index (κ2) is 9.21. The first-order chi connectivity index (χ1) is 10.2. The Balaban J connectivity index is 0.00000132. The molecule has 0 aromatic heterocycles. The molecule has 130 valence electrons. The van der Waals surface area contributed by atoms with Crippen LogP contribution in [-0.2, 0) is 4.79 Å². The van der Waals surface area contributed by atoms with Gasteiger partial charge in [0.2, 0.25) is 5.91 Å². The van der Waals surface area contributed by atoms with Crippen molar-refractivity contribution in [3.63, 3.8) is 0 Å². The van der Waals surface area contributed by atoms with Gasteiger partial charge in [-0.1, -0.05) is 0 Å². The van der Waals surface area contributed by atoms with Crippen molar-refractivity contribution in [3.8, 4) is 5.75 Å². The SMILES string of the molecule is Cl.Cl.O=C(CC1CCNC1)N1CCN(c2ccc(O)cc2)CC1. The van der Waals surface area contributed by atoms with Crippen LogP contribution in [0.3, 0.4) is 0 Å². The van der Waals surface area contributed by atoms with Gasteiger partial charge < -0.3 is 20.2 Å². The van der Waals surface area contributed by atoms with E-state index in [2.05, 4.69) is 10.2 Å². The average Bonchev–Trinajstić information content (AvgIpc) is 3.01. The number of hydrogen-bond donors (Lipinski definition) is 2. The third kappa shape index (κ3) is 5.16. The maximum atomic E-state index is 12.3. The van der Waals surface area contributed by atoms with Gasteiger partial charge in [-0.3, -0.25) is 4.79 Å². The molecule has 3 rings (SSSR count). The molecular weight excluding hydrogens is 337 g/mol. The number of nitrogens with one attached hydrogen (secondary N) is 1. The molecule has 0 spiro atoms. The number of carbonyl (C=O) groups is 1. The first-order valence-corrected chi connectivity index (χ1v) is 7.75. The quantitative estimate of drug-likeness (QED) is 0.862. The van der Waals surface area contributed by atoms with Gasteiger partial charge >= 0.3 is 0 Å². The number of carbonyl (C=O) groups excluding carboxylic acids is 1. The Bertz CT molecular complexity index is 485. The second-order valence-corrected chi connectivity index (χ2v) is 5.95. The molecule has 2 fully saturated rings. The van der Waals surface area contributed by atoms with Gasteiger partial charge in [-0.15, -0.1) is 24.8 Å². The molecule has 0 radical (unpaired) electrons. The third-order valence-electron chi connectivity index (χ3n) is 4.47. The number of phenols is 1. The van der Waals surface area contributed by atoms with Crippen molar-refractivity contribution >= 4 is 36.4 Å². The molecule has 1 aromatic carbocycles. The van der Waals surface area contributed by atoms with E-state index in [-0.39, 0.29) is 30.6 Å². The molecule has 5 nitrogen and oxygen atoms in total. The molecule has 0 saturated carbocycles. The average molecular weight is 362 g/mol. The number of phenolic OH excluding ortho intramolecular Hbond substituents is 1. The Morgan fingerprint density at radius 3 is 2.35 bits per heavy atom. The largest absolute Gasteiger partial charge is 0.508 e. The summed E-state index contributed by atoms with van der Waals surface area (Å²) in [4.78, 5) is 16.5. The summed E-state index contributed by atoms with van der Waals surface area (Å²) >= 11 is 0. The van der Waals surface area contributed by atoms with Crippen LogP contribution in [-0.4, -0.2) is 55.2 Å². The van der Waals surface area contributed by atoms with E-state index in [4.69, 9.17) is 0 Å². The number of hydrogen-bond acceptors (Lipinski definition) is 4. The minimum atomic E-state index is 0. The number of halogens is 2. The molecule has 1 atom stereocenters. The fraction of sp³-hybridized carbons (Fsp3) is 0.562. The number of piperazine rings is 1. The van der Waals surface area contributed by atoms with Gasteiger partial charge in [-0.25, -0.2) is 0 Å². The smallest absolute Gasteiger partial charge is 0.223 e. The summed E-state index contributed by atoms with van der Waals surface area (Å²) in [6.07, 6.45) is 1.81. The lowest BCUT2D eigenvalue weighted by Crippen LogP contribution is -2.49. The van der Waals surface area contributed by atoms with Gasteiger partial charge in [0.15, 0.2) is 0 Å². The van der Waals surface area contributed by atoms with E-state index in [1.807, 2.05) is 17.0 Å². The first kappa shape index (κ1) is 19.9. The van der Waals surface area contributed by atoms with Crippen molar-refractivity contribution in [1.29, 1.82) is 0 Å². The second-order valence-electron chi connectivity index (χ2n) is 5.95. The maximum absolute atomic E-state index is 12.3. The Morgan fingerprint density at radius 2 is 1.78 bits per heavy atom. The summed E-state index contributed by atoms with van der Waals surface area (Å²) in [5, 5.41) is 12.6. The van der Waals surface area contributed by atoms with Crippen molar-refractivity contribution in [3.05, 3.63) is 24.3 Å². The van der Waals surface area contributed by atoms with Crippen molar-refractivity contribution in [1.82, 2.24) is 10.2 Å². The highest BCUT2D eigenvalue weighted by molar-refractivity contribution is 5.85. The van der Waals surface area contributed by atoms with Crippen LogP contribution in [0.2, 0.25) is 0 Å². The van der Waals surface area contributed by atoms with E-state index >= 15 is 0 Å². The zero-order valence-corrected chi connectivity index (χ0v) is 14.7. The lowest BCUT2D eigenvalue weighted by atomic mass is 10.0. The Kier molecular flexibility index (Phi) is 7.95. The Hall–Kier alpha value is -1.17. The highest BCUT2D eigenvalue weighted by atomic mass is 35.5. The molecule has 23 heavy (non-hydrogen) atoms. The van der Waals surface area contributed by atoms with Gasteiger partial charge in [0.05, 0.1) is 0 Å².